The Bertz CT molecular complexity index is 750. The molecule has 0 radical (unpaired) electrons. The van der Waals surface area contributed by atoms with E-state index < -0.39 is 8.41 Å². The Kier molecular flexibility index (Phi) is 3.49. The van der Waals surface area contributed by atoms with Crippen LogP contribution in [0.1, 0.15) is 38.8 Å². The van der Waals surface area contributed by atoms with E-state index in [1.165, 1.54) is 27.8 Å². The normalized spacial score (nSPS) is 21.1. The highest BCUT2D eigenvalue weighted by Gasteiger charge is 2.30. The lowest BCUT2D eigenvalue weighted by Crippen LogP contribution is -2.15. The van der Waals surface area contributed by atoms with Gasteiger partial charge in [-0.05, 0) is 65.4 Å². The van der Waals surface area contributed by atoms with Gasteiger partial charge in [-0.2, -0.15) is 0 Å². The lowest BCUT2D eigenvalue weighted by molar-refractivity contribution is 0.833. The molecule has 108 valence electrons. The summed E-state index contributed by atoms with van der Waals surface area (Å²) in [5, 5.41) is 1.62. The van der Waals surface area contributed by atoms with Crippen molar-refractivity contribution in [1.29, 1.82) is 0 Å². The molecule has 1 heteroatoms. The molecule has 2 aliphatic rings. The van der Waals surface area contributed by atoms with Gasteiger partial charge in [0.05, 0.1) is 0 Å². The summed E-state index contributed by atoms with van der Waals surface area (Å²) in [6, 6.07) is 8.89. The predicted octanol–water partition coefficient (Wildman–Crippen LogP) is 5.24. The average Bonchev–Trinajstić information content (AvgIpc) is 2.91. The molecule has 1 aromatic carbocycles. The Morgan fingerprint density at radius 2 is 1.62 bits per heavy atom. The molecule has 0 heterocycles. The van der Waals surface area contributed by atoms with Gasteiger partial charge in [0, 0.05) is 14.3 Å². The van der Waals surface area contributed by atoms with E-state index in [0.29, 0.717) is 5.92 Å². The van der Waals surface area contributed by atoms with Crippen LogP contribution in [0.5, 0.6) is 0 Å². The standard InChI is InChI=1S/C20H24Si/c1-12-13(2)15(4)19(14(12)3)18-11-16-9-7-8-10-17(16)20(18)21(5)6/h7-11,14H,1-6H3. The van der Waals surface area contributed by atoms with Crippen LogP contribution in [0.15, 0.2) is 52.1 Å². The first-order chi connectivity index (χ1) is 9.93. The molecule has 0 N–H and O–H groups in total. The molecule has 3 rings (SSSR count). The lowest BCUT2D eigenvalue weighted by atomic mass is 9.90. The number of hydrogen-bond donors (Lipinski definition) is 0. The Balaban J connectivity index is 2.21. The second-order valence-corrected chi connectivity index (χ2v) is 9.09. The Labute approximate surface area is 130 Å². The summed E-state index contributed by atoms with van der Waals surface area (Å²) in [5.41, 5.74) is 10.5. The monoisotopic (exact) mass is 292 g/mol. The summed E-state index contributed by atoms with van der Waals surface area (Å²) >= 11 is 0. The third-order valence-corrected chi connectivity index (χ3v) is 6.77. The van der Waals surface area contributed by atoms with Gasteiger partial charge in [-0.3, -0.25) is 0 Å². The summed E-state index contributed by atoms with van der Waals surface area (Å²) in [5.74, 6) is 0.557. The lowest BCUT2D eigenvalue weighted by Gasteiger charge is -2.18. The molecule has 2 aliphatic carbocycles. The molecular weight excluding hydrogens is 268 g/mol. The molecule has 1 unspecified atom stereocenters. The van der Waals surface area contributed by atoms with Gasteiger partial charge in [0.1, 0.15) is 0 Å². The van der Waals surface area contributed by atoms with Crippen LogP contribution in [0.25, 0.3) is 6.08 Å². The molecule has 0 nitrogen and oxygen atoms in total. The number of allylic oxidation sites excluding steroid dienone is 5. The van der Waals surface area contributed by atoms with Gasteiger partial charge < -0.3 is 0 Å². The van der Waals surface area contributed by atoms with E-state index in [9.17, 15) is 0 Å². The fourth-order valence-corrected chi connectivity index (χ4v) is 5.29. The topological polar surface area (TPSA) is 0 Å². The van der Waals surface area contributed by atoms with Crippen molar-refractivity contribution in [3.63, 3.8) is 0 Å². The van der Waals surface area contributed by atoms with Crippen LogP contribution < -0.4 is 0 Å². The van der Waals surface area contributed by atoms with Gasteiger partial charge in [0.15, 0.2) is 0 Å². The van der Waals surface area contributed by atoms with Gasteiger partial charge in [-0.25, -0.2) is 0 Å². The van der Waals surface area contributed by atoms with Crippen LogP contribution in [0.3, 0.4) is 0 Å². The molecule has 0 bridgehead atoms. The number of hydrogen-bond acceptors (Lipinski definition) is 0. The van der Waals surface area contributed by atoms with Crippen molar-refractivity contribution in [2.45, 2.75) is 40.8 Å². The SMILES string of the molecule is CC1=C(C)C(C)C(C2=Cc3ccccc3C2=[Si](C)C)=C1C. The van der Waals surface area contributed by atoms with Crippen molar-refractivity contribution < 1.29 is 0 Å². The molecule has 1 atom stereocenters. The van der Waals surface area contributed by atoms with E-state index in [0.717, 1.165) is 0 Å². The fourth-order valence-electron chi connectivity index (χ4n) is 3.77. The predicted molar refractivity (Wildman–Crippen MR) is 96.2 cm³/mol. The minimum atomic E-state index is -0.494. The smallest absolute Gasteiger partial charge is 0.0144 e. The molecule has 0 saturated carbocycles. The quantitative estimate of drug-likeness (QED) is 0.621. The molecule has 0 aliphatic heterocycles. The zero-order valence-electron chi connectivity index (χ0n) is 14.0. The highest BCUT2D eigenvalue weighted by molar-refractivity contribution is 6.76. The molecule has 0 aromatic heterocycles. The third-order valence-electron chi connectivity index (χ3n) is 5.23. The van der Waals surface area contributed by atoms with Crippen molar-refractivity contribution in [2.24, 2.45) is 5.92 Å². The highest BCUT2D eigenvalue weighted by atomic mass is 28.2. The van der Waals surface area contributed by atoms with Crippen LogP contribution in [-0.2, 0) is 0 Å². The molecule has 0 amide bonds. The van der Waals surface area contributed by atoms with Gasteiger partial charge in [-0.15, -0.1) is 0 Å². The van der Waals surface area contributed by atoms with Gasteiger partial charge in [0.25, 0.3) is 0 Å². The van der Waals surface area contributed by atoms with Crippen LogP contribution in [0.2, 0.25) is 13.1 Å². The zero-order chi connectivity index (χ0) is 15.3. The number of rotatable bonds is 1. The molecule has 0 fully saturated rings. The number of fused-ring (bicyclic) bond motifs is 1. The zero-order valence-corrected chi connectivity index (χ0v) is 15.0. The number of benzene rings is 1. The summed E-state index contributed by atoms with van der Waals surface area (Å²) in [7, 11) is -0.494. The van der Waals surface area contributed by atoms with Crippen LogP contribution in [0, 0.1) is 5.92 Å². The van der Waals surface area contributed by atoms with Crippen LogP contribution in [-0.4, -0.2) is 13.6 Å². The van der Waals surface area contributed by atoms with Gasteiger partial charge in [-0.1, -0.05) is 49.9 Å². The minimum Gasteiger partial charge on any atom is -0.0629 e. The summed E-state index contributed by atoms with van der Waals surface area (Å²) < 4.78 is 0. The van der Waals surface area contributed by atoms with Crippen molar-refractivity contribution in [1.82, 2.24) is 0 Å². The second kappa shape index (κ2) is 5.06. The average molecular weight is 292 g/mol. The van der Waals surface area contributed by atoms with E-state index in [-0.39, 0.29) is 0 Å². The Hall–Kier alpha value is -1.47. The van der Waals surface area contributed by atoms with Crippen molar-refractivity contribution in [3.8, 4) is 0 Å². The molecular formula is C20H24Si. The van der Waals surface area contributed by atoms with E-state index in [1.807, 2.05) is 0 Å². The molecule has 0 spiro atoms. The summed E-state index contributed by atoms with van der Waals surface area (Å²) in [6.07, 6.45) is 2.43. The second-order valence-electron chi connectivity index (χ2n) is 6.59. The molecule has 1 aromatic rings. The largest absolute Gasteiger partial charge is 0.0629 e. The fraction of sp³-hybridized carbons (Fsp3) is 0.350. The van der Waals surface area contributed by atoms with E-state index in [1.54, 1.807) is 16.3 Å². The first-order valence-corrected chi connectivity index (χ1v) is 10.3. The van der Waals surface area contributed by atoms with E-state index >= 15 is 0 Å². The van der Waals surface area contributed by atoms with Crippen molar-refractivity contribution in [2.75, 3.05) is 0 Å². The van der Waals surface area contributed by atoms with Crippen LogP contribution >= 0.6 is 0 Å². The first kappa shape index (κ1) is 14.5. The maximum atomic E-state index is 2.43. The maximum Gasteiger partial charge on any atom is 0.0144 e. The third kappa shape index (κ3) is 2.06. The highest BCUT2D eigenvalue weighted by Crippen LogP contribution is 2.43. The maximum absolute atomic E-state index is 2.43. The van der Waals surface area contributed by atoms with Crippen LogP contribution in [0.4, 0.5) is 0 Å². The van der Waals surface area contributed by atoms with Crippen molar-refractivity contribution in [3.05, 3.63) is 63.3 Å². The van der Waals surface area contributed by atoms with Gasteiger partial charge in [0.2, 0.25) is 0 Å². The molecule has 21 heavy (non-hydrogen) atoms. The van der Waals surface area contributed by atoms with E-state index in [2.05, 4.69) is 71.1 Å². The van der Waals surface area contributed by atoms with Crippen molar-refractivity contribution >= 4 is 19.7 Å². The minimum absolute atomic E-state index is 0.494. The van der Waals surface area contributed by atoms with Gasteiger partial charge >= 0.3 is 0 Å². The summed E-state index contributed by atoms with van der Waals surface area (Å²) in [4.78, 5) is 0. The van der Waals surface area contributed by atoms with E-state index in [4.69, 9.17) is 0 Å². The first-order valence-electron chi connectivity index (χ1n) is 7.81. The Morgan fingerprint density at radius 3 is 2.19 bits per heavy atom. The summed E-state index contributed by atoms with van der Waals surface area (Å²) in [6.45, 7) is 14.1. The Morgan fingerprint density at radius 1 is 0.952 bits per heavy atom. The molecule has 0 saturated heterocycles.